The molecule has 4 aromatic rings. The number of aromatic nitrogens is 6. The van der Waals surface area contributed by atoms with Crippen LogP contribution in [0.3, 0.4) is 0 Å². The van der Waals surface area contributed by atoms with Crippen LogP contribution in [0, 0.1) is 0 Å². The molecule has 0 aliphatic carbocycles. The lowest BCUT2D eigenvalue weighted by atomic mass is 9.98. The second kappa shape index (κ2) is 15.8. The molecule has 1 unspecified atom stereocenters. The second-order valence-corrected chi connectivity index (χ2v) is 9.69. The summed E-state index contributed by atoms with van der Waals surface area (Å²) in [6.45, 7) is 3.23. The number of hydrogen-bond donors (Lipinski definition) is 5. The maximum Gasteiger partial charge on any atom is 0.320 e. The van der Waals surface area contributed by atoms with Gasteiger partial charge >= 0.3 is 5.97 Å². The second-order valence-electron chi connectivity index (χ2n) is 9.33. The van der Waals surface area contributed by atoms with E-state index in [1.54, 1.807) is 0 Å². The third-order valence-corrected chi connectivity index (χ3v) is 6.73. The first-order valence-electron chi connectivity index (χ1n) is 13.3. The summed E-state index contributed by atoms with van der Waals surface area (Å²) in [5, 5.41) is 32.7. The van der Waals surface area contributed by atoms with E-state index in [0.717, 1.165) is 60.2 Å². The van der Waals surface area contributed by atoms with Crippen LogP contribution in [0.1, 0.15) is 56.1 Å². The van der Waals surface area contributed by atoms with Crippen LogP contribution in [0.5, 0.6) is 0 Å². The monoisotopic (exact) mass is 568 g/mol. The lowest BCUT2D eigenvalue weighted by Crippen LogP contribution is -2.29. The standard InChI is InChI=1S/C22H23ClN6O.C6H14N2O2/c1-2-3-8-20-24-21(23)19(14-30)29(20)13-15-9-11-16(12-10-15)17-6-4-5-7-18(17)22-25-27-28-26-22;7-4-2-1-3-5(8)6(9)10/h4-7,9-12,30H,2-3,8,13-14H2,1H3,(H,25,26,27,28);5H,1-4,7-8H2,(H,9,10). The van der Waals surface area contributed by atoms with Crippen molar-refractivity contribution in [3.05, 3.63) is 70.8 Å². The molecular weight excluding hydrogens is 532 g/mol. The molecule has 0 bridgehead atoms. The highest BCUT2D eigenvalue weighted by Gasteiger charge is 2.16. The molecule has 0 fully saturated rings. The Kier molecular flexibility index (Phi) is 12.2. The first kappa shape index (κ1) is 30.9. The molecule has 12 heteroatoms. The zero-order valence-corrected chi connectivity index (χ0v) is 23.4. The fraction of sp³-hybridized carbons (Fsp3) is 0.393. The number of aliphatic carboxylic acids is 1. The van der Waals surface area contributed by atoms with Crippen molar-refractivity contribution < 1.29 is 15.0 Å². The van der Waals surface area contributed by atoms with Crippen molar-refractivity contribution in [2.75, 3.05) is 6.54 Å². The van der Waals surface area contributed by atoms with Crippen molar-refractivity contribution in [2.45, 2.75) is 64.6 Å². The minimum absolute atomic E-state index is 0.130. The van der Waals surface area contributed by atoms with E-state index in [0.29, 0.717) is 36.2 Å². The third-order valence-electron chi connectivity index (χ3n) is 6.43. The summed E-state index contributed by atoms with van der Waals surface area (Å²) in [4.78, 5) is 14.6. The smallest absolute Gasteiger partial charge is 0.320 e. The van der Waals surface area contributed by atoms with Crippen molar-refractivity contribution in [2.24, 2.45) is 11.5 Å². The van der Waals surface area contributed by atoms with Crippen molar-refractivity contribution >= 4 is 17.6 Å². The average molecular weight is 569 g/mol. The van der Waals surface area contributed by atoms with Gasteiger partial charge in [-0.3, -0.25) is 4.79 Å². The zero-order valence-electron chi connectivity index (χ0n) is 22.6. The maximum atomic E-state index is 10.1. The SMILES string of the molecule is CCCCc1nc(Cl)c(CO)n1Cc1ccc(-c2ccccc2-c2nnn[nH]2)cc1.NCCCCC(N)C(=O)O. The molecule has 0 radical (unpaired) electrons. The van der Waals surface area contributed by atoms with Crippen LogP contribution in [-0.4, -0.2) is 58.9 Å². The number of rotatable bonds is 13. The number of nitrogens with one attached hydrogen (secondary N) is 1. The van der Waals surface area contributed by atoms with Crippen LogP contribution < -0.4 is 11.5 Å². The summed E-state index contributed by atoms with van der Waals surface area (Å²) in [5.74, 6) is 0.617. The van der Waals surface area contributed by atoms with Crippen molar-refractivity contribution in [1.29, 1.82) is 0 Å². The number of hydrogen-bond acceptors (Lipinski definition) is 8. The zero-order chi connectivity index (χ0) is 28.9. The van der Waals surface area contributed by atoms with Gasteiger partial charge in [0.2, 0.25) is 0 Å². The number of carbonyl (C=O) groups is 1. The number of imidazole rings is 1. The molecule has 0 aliphatic rings. The number of nitrogens with zero attached hydrogens (tertiary/aromatic N) is 5. The number of carboxylic acids is 1. The highest BCUT2D eigenvalue weighted by Crippen LogP contribution is 2.30. The minimum atomic E-state index is -0.933. The van der Waals surface area contributed by atoms with Crippen molar-refractivity contribution in [3.63, 3.8) is 0 Å². The van der Waals surface area contributed by atoms with Crippen LogP contribution in [0.25, 0.3) is 22.5 Å². The number of aryl methyl sites for hydroxylation is 1. The normalized spacial score (nSPS) is 11.6. The molecule has 2 heterocycles. The van der Waals surface area contributed by atoms with E-state index in [9.17, 15) is 9.90 Å². The fourth-order valence-electron chi connectivity index (χ4n) is 4.19. The van der Waals surface area contributed by atoms with Gasteiger partial charge in [0.05, 0.1) is 12.3 Å². The van der Waals surface area contributed by atoms with Gasteiger partial charge in [0.15, 0.2) is 11.0 Å². The van der Waals surface area contributed by atoms with E-state index in [2.05, 4.69) is 62.9 Å². The van der Waals surface area contributed by atoms with E-state index < -0.39 is 12.0 Å². The fourth-order valence-corrected chi connectivity index (χ4v) is 4.45. The average Bonchev–Trinajstić information content (AvgIpc) is 3.60. The molecule has 1 atom stereocenters. The molecule has 11 nitrogen and oxygen atoms in total. The van der Waals surface area contributed by atoms with Crippen molar-refractivity contribution in [3.8, 4) is 22.5 Å². The van der Waals surface area contributed by atoms with Crippen LogP contribution >= 0.6 is 11.6 Å². The Labute approximate surface area is 238 Å². The predicted octanol–water partition coefficient (Wildman–Crippen LogP) is 3.79. The summed E-state index contributed by atoms with van der Waals surface area (Å²) >= 11 is 6.26. The number of tetrazole rings is 1. The number of benzene rings is 2. The van der Waals surface area contributed by atoms with E-state index in [1.165, 1.54) is 0 Å². The van der Waals surface area contributed by atoms with Gasteiger partial charge in [-0.1, -0.05) is 79.9 Å². The molecule has 2 aromatic heterocycles. The molecular formula is C28H37ClN8O3. The molecule has 0 spiro atoms. The van der Waals surface area contributed by atoms with E-state index in [-0.39, 0.29) is 6.61 Å². The quantitative estimate of drug-likeness (QED) is 0.150. The maximum absolute atomic E-state index is 10.1. The highest BCUT2D eigenvalue weighted by atomic mass is 35.5. The highest BCUT2D eigenvalue weighted by molar-refractivity contribution is 6.30. The van der Waals surface area contributed by atoms with Gasteiger partial charge < -0.3 is 26.2 Å². The Bertz CT molecular complexity index is 1330. The third kappa shape index (κ3) is 8.43. The van der Waals surface area contributed by atoms with Gasteiger partial charge in [-0.05, 0) is 52.9 Å². The molecule has 214 valence electrons. The predicted molar refractivity (Wildman–Crippen MR) is 154 cm³/mol. The Hall–Kier alpha value is -3.64. The number of carboxylic acid groups (broad SMARTS) is 1. The number of aromatic amines is 1. The van der Waals surface area contributed by atoms with Gasteiger partial charge in [-0.2, -0.15) is 0 Å². The van der Waals surface area contributed by atoms with E-state index in [4.69, 9.17) is 28.2 Å². The van der Waals surface area contributed by atoms with Gasteiger partial charge in [0.25, 0.3) is 0 Å². The van der Waals surface area contributed by atoms with Gasteiger partial charge in [0.1, 0.15) is 11.9 Å². The molecule has 7 N–H and O–H groups in total. The van der Waals surface area contributed by atoms with Gasteiger partial charge in [0, 0.05) is 18.5 Å². The number of aliphatic hydroxyl groups excluding tert-OH is 1. The minimum Gasteiger partial charge on any atom is -0.480 e. The number of aliphatic hydroxyl groups is 1. The molecule has 0 saturated carbocycles. The van der Waals surface area contributed by atoms with Crippen molar-refractivity contribution in [1.82, 2.24) is 30.2 Å². The molecule has 40 heavy (non-hydrogen) atoms. The summed E-state index contributed by atoms with van der Waals surface area (Å²) in [6, 6.07) is 15.6. The summed E-state index contributed by atoms with van der Waals surface area (Å²) in [5.41, 5.74) is 15.3. The van der Waals surface area contributed by atoms with Gasteiger partial charge in [-0.15, -0.1) is 5.10 Å². The first-order chi connectivity index (χ1) is 19.4. The van der Waals surface area contributed by atoms with Crippen LogP contribution in [0.2, 0.25) is 5.15 Å². The largest absolute Gasteiger partial charge is 0.480 e. The lowest BCUT2D eigenvalue weighted by Gasteiger charge is -2.12. The van der Waals surface area contributed by atoms with Crippen LogP contribution in [0.4, 0.5) is 0 Å². The number of H-pyrrole nitrogens is 1. The summed E-state index contributed by atoms with van der Waals surface area (Å²) < 4.78 is 2.03. The lowest BCUT2D eigenvalue weighted by molar-refractivity contribution is -0.138. The Balaban J connectivity index is 0.000000378. The topological polar surface area (TPSA) is 182 Å². The van der Waals surface area contributed by atoms with Gasteiger partial charge in [-0.25, -0.2) is 10.1 Å². The molecule has 0 amide bonds. The van der Waals surface area contributed by atoms with Crippen LogP contribution in [0.15, 0.2) is 48.5 Å². The Morgan fingerprint density at radius 2 is 1.82 bits per heavy atom. The molecule has 0 saturated heterocycles. The number of unbranched alkanes of at least 4 members (excludes halogenated alkanes) is 2. The molecule has 0 aliphatic heterocycles. The summed E-state index contributed by atoms with van der Waals surface area (Å²) in [6.07, 6.45) is 5.11. The van der Waals surface area contributed by atoms with E-state index >= 15 is 0 Å². The first-order valence-corrected chi connectivity index (χ1v) is 13.7. The molecule has 4 rings (SSSR count). The number of halogens is 1. The number of nitrogens with two attached hydrogens (primary N) is 2. The van der Waals surface area contributed by atoms with E-state index in [1.807, 2.05) is 22.8 Å². The molecule has 2 aromatic carbocycles. The Morgan fingerprint density at radius 1 is 1.10 bits per heavy atom. The Morgan fingerprint density at radius 3 is 2.42 bits per heavy atom. The van der Waals surface area contributed by atoms with Crippen LogP contribution in [-0.2, 0) is 24.4 Å². The summed E-state index contributed by atoms with van der Waals surface area (Å²) in [7, 11) is 0.